The topological polar surface area (TPSA) is 3.88 Å². The number of aryl methyl sites for hydroxylation is 3. The second kappa shape index (κ2) is 8.98. The molecule has 3 aromatic rings. The third kappa shape index (κ3) is 5.35. The van der Waals surface area contributed by atoms with E-state index in [2.05, 4.69) is 19.9 Å². The van der Waals surface area contributed by atoms with Gasteiger partial charge >= 0.3 is 0 Å². The molecule has 1 aromatic heterocycles. The van der Waals surface area contributed by atoms with Crippen LogP contribution in [0.2, 0.25) is 0 Å². The first-order valence-corrected chi connectivity index (χ1v) is 11.3. The number of hydrogen-bond acceptors (Lipinski definition) is 1. The second-order valence-electron chi connectivity index (χ2n) is 9.17. The maximum absolute atomic E-state index is 8.94. The molecular formula is C28H36NS+. The van der Waals surface area contributed by atoms with Crippen LogP contribution in [-0.4, -0.2) is 5.25 Å². The second-order valence-corrected chi connectivity index (χ2v) is 10.8. The van der Waals surface area contributed by atoms with Crippen molar-refractivity contribution in [1.82, 2.24) is 0 Å². The highest BCUT2D eigenvalue weighted by Crippen LogP contribution is 2.35. The molecule has 2 aromatic carbocycles. The van der Waals surface area contributed by atoms with Crippen molar-refractivity contribution in [2.45, 2.75) is 64.9 Å². The van der Waals surface area contributed by atoms with Crippen LogP contribution in [-0.2, 0) is 13.4 Å². The summed E-state index contributed by atoms with van der Waals surface area (Å²) in [7, 11) is 1.93. The Kier molecular flexibility index (Phi) is 4.97. The zero-order chi connectivity index (χ0) is 26.3. The maximum Gasteiger partial charge on any atom is 0.213 e. The fraction of sp³-hybridized carbons (Fsp3) is 0.393. The minimum absolute atomic E-state index is 0.281. The largest absolute Gasteiger partial charge is 0.213 e. The van der Waals surface area contributed by atoms with E-state index in [0.717, 1.165) is 27.3 Å². The van der Waals surface area contributed by atoms with Crippen LogP contribution in [0.5, 0.6) is 0 Å². The Hall–Kier alpha value is -2.06. The van der Waals surface area contributed by atoms with E-state index in [1.165, 1.54) is 0 Å². The Morgan fingerprint density at radius 2 is 1.73 bits per heavy atom. The molecule has 30 heavy (non-hydrogen) atoms. The smallest absolute Gasteiger partial charge is 0.201 e. The Bertz CT molecular complexity index is 1210. The maximum atomic E-state index is 8.94. The highest BCUT2D eigenvalue weighted by molar-refractivity contribution is 8.00. The van der Waals surface area contributed by atoms with Gasteiger partial charge in [-0.3, -0.25) is 0 Å². The van der Waals surface area contributed by atoms with Crippen LogP contribution in [0.25, 0.3) is 22.4 Å². The normalized spacial score (nSPS) is 15.3. The van der Waals surface area contributed by atoms with Crippen molar-refractivity contribution in [3.63, 3.8) is 0 Å². The lowest BCUT2D eigenvalue weighted by Crippen LogP contribution is -2.32. The van der Waals surface area contributed by atoms with E-state index >= 15 is 0 Å². The number of hydrogen-bond donors (Lipinski definition) is 0. The number of pyridine rings is 1. The molecule has 0 aliphatic heterocycles. The molecule has 158 valence electrons. The van der Waals surface area contributed by atoms with Crippen molar-refractivity contribution in [2.75, 3.05) is 0 Å². The lowest BCUT2D eigenvalue weighted by Gasteiger charge is -2.21. The average Bonchev–Trinajstić information content (AvgIpc) is 2.73. The van der Waals surface area contributed by atoms with E-state index in [0.29, 0.717) is 16.7 Å². The molecule has 1 nitrogen and oxygen atoms in total. The van der Waals surface area contributed by atoms with Crippen LogP contribution in [0.15, 0.2) is 59.6 Å². The summed E-state index contributed by atoms with van der Waals surface area (Å²) in [5.41, 5.74) is 4.73. The number of aromatic nitrogens is 1. The molecule has 0 fully saturated rings. The van der Waals surface area contributed by atoms with Gasteiger partial charge in [-0.25, -0.2) is 4.57 Å². The minimum atomic E-state index is -2.23. The predicted molar refractivity (Wildman–Crippen MR) is 132 cm³/mol. The Morgan fingerprint density at radius 3 is 2.33 bits per heavy atom. The van der Waals surface area contributed by atoms with Crippen LogP contribution in [0.3, 0.4) is 0 Å². The molecule has 1 heterocycles. The van der Waals surface area contributed by atoms with E-state index in [1.807, 2.05) is 81.9 Å². The zero-order valence-corrected chi connectivity index (χ0v) is 19.9. The van der Waals surface area contributed by atoms with Gasteiger partial charge in [0, 0.05) is 34.2 Å². The number of nitrogens with zero attached hydrogens (tertiary/aromatic N) is 1. The average molecular weight is 424 g/mol. The van der Waals surface area contributed by atoms with E-state index in [4.69, 9.17) is 6.85 Å². The lowest BCUT2D eigenvalue weighted by atomic mass is 9.88. The van der Waals surface area contributed by atoms with Gasteiger partial charge in [0.25, 0.3) is 0 Å². The van der Waals surface area contributed by atoms with Crippen LogP contribution in [0, 0.1) is 19.2 Å². The van der Waals surface area contributed by atoms with Gasteiger partial charge in [-0.1, -0.05) is 71.0 Å². The molecule has 2 heteroatoms. The van der Waals surface area contributed by atoms with Crippen LogP contribution >= 0.6 is 11.8 Å². The molecule has 0 spiro atoms. The molecule has 3 rings (SSSR count). The third-order valence-electron chi connectivity index (χ3n) is 4.83. The van der Waals surface area contributed by atoms with Crippen LogP contribution < -0.4 is 4.57 Å². The quantitative estimate of drug-likeness (QED) is 0.302. The van der Waals surface area contributed by atoms with E-state index in [-0.39, 0.29) is 5.25 Å². The lowest BCUT2D eigenvalue weighted by molar-refractivity contribution is -0.661. The monoisotopic (exact) mass is 423 g/mol. The van der Waals surface area contributed by atoms with Gasteiger partial charge < -0.3 is 0 Å². The van der Waals surface area contributed by atoms with E-state index in [1.54, 1.807) is 17.8 Å². The van der Waals surface area contributed by atoms with E-state index < -0.39 is 18.6 Å². The summed E-state index contributed by atoms with van der Waals surface area (Å²) in [5, 5.41) is 0.281. The summed E-state index contributed by atoms with van der Waals surface area (Å²) in [5.74, 6) is 0. The number of benzene rings is 2. The van der Waals surface area contributed by atoms with E-state index in [9.17, 15) is 0 Å². The standard InChI is InChI=1S/C28H36NS/c1-19(2)30-27-16-26(29(8)18-23(27)17-28(5,6)7)25-15-24(20(3)14-21(25)4)22-12-10-9-11-13-22/h9-16,18-19H,17H2,1-8H3/q+1/i3D3,17D2. The Morgan fingerprint density at radius 1 is 1.03 bits per heavy atom. The number of thioether (sulfide) groups is 1. The molecule has 0 atom stereocenters. The first-order valence-electron chi connectivity index (χ1n) is 13.0. The van der Waals surface area contributed by atoms with Crippen molar-refractivity contribution in [2.24, 2.45) is 12.5 Å². The predicted octanol–water partition coefficient (Wildman–Crippen LogP) is 7.55. The van der Waals surface area contributed by atoms with Gasteiger partial charge in [0.15, 0.2) is 6.20 Å². The first-order chi connectivity index (χ1) is 16.0. The molecule has 0 aliphatic rings. The molecule has 0 saturated carbocycles. The van der Waals surface area contributed by atoms with Crippen LogP contribution in [0.1, 0.15) is 58.2 Å². The number of rotatable bonds is 5. The van der Waals surface area contributed by atoms with Crippen molar-refractivity contribution in [1.29, 1.82) is 0 Å². The molecule has 0 unspecified atom stereocenters. The molecule has 0 bridgehead atoms. The first kappa shape index (κ1) is 16.6. The molecule has 0 radical (unpaired) electrons. The van der Waals surface area contributed by atoms with Crippen molar-refractivity contribution >= 4 is 11.8 Å². The zero-order valence-electron chi connectivity index (χ0n) is 24.1. The van der Waals surface area contributed by atoms with Gasteiger partial charge in [0.05, 0.1) is 0 Å². The van der Waals surface area contributed by atoms with Gasteiger partial charge in [0.1, 0.15) is 7.05 Å². The summed E-state index contributed by atoms with van der Waals surface area (Å²) in [6, 6.07) is 15.4. The SMILES string of the molecule is [2H]C([2H])([2H])c1cc(C)c(-c2cc(SC(C)C)c(C([2H])([2H])C(C)(C)C)c[n+]2C)cc1-c1ccccc1. The van der Waals surface area contributed by atoms with Crippen molar-refractivity contribution in [3.8, 4) is 22.4 Å². The minimum Gasteiger partial charge on any atom is -0.201 e. The summed E-state index contributed by atoms with van der Waals surface area (Å²) in [6.45, 7) is 9.70. The summed E-state index contributed by atoms with van der Waals surface area (Å²) < 4.78 is 44.2. The molecule has 0 aliphatic carbocycles. The fourth-order valence-electron chi connectivity index (χ4n) is 3.59. The molecule has 0 amide bonds. The van der Waals surface area contributed by atoms with Gasteiger partial charge in [-0.2, -0.15) is 0 Å². The van der Waals surface area contributed by atoms with Crippen molar-refractivity contribution in [3.05, 3.63) is 71.4 Å². The molecule has 0 saturated heterocycles. The van der Waals surface area contributed by atoms with Crippen molar-refractivity contribution < 1.29 is 11.4 Å². The summed E-state index contributed by atoms with van der Waals surface area (Å²) >= 11 is 1.66. The summed E-state index contributed by atoms with van der Waals surface area (Å²) in [6.07, 6.45) is 0.375. The fourth-order valence-corrected chi connectivity index (χ4v) is 4.51. The Labute approximate surface area is 194 Å². The summed E-state index contributed by atoms with van der Waals surface area (Å²) in [4.78, 5) is 0.911. The van der Waals surface area contributed by atoms with Gasteiger partial charge in [0.2, 0.25) is 5.69 Å². The highest BCUT2D eigenvalue weighted by Gasteiger charge is 2.23. The molecule has 0 N–H and O–H groups in total. The highest BCUT2D eigenvalue weighted by atomic mass is 32.2. The molecular weight excluding hydrogens is 382 g/mol. The van der Waals surface area contributed by atoms with Crippen LogP contribution in [0.4, 0.5) is 0 Å². The third-order valence-corrected chi connectivity index (χ3v) is 5.90. The van der Waals surface area contributed by atoms with Gasteiger partial charge in [-0.15, -0.1) is 11.8 Å². The Balaban J connectivity index is 2.32. The van der Waals surface area contributed by atoms with Gasteiger partial charge in [-0.05, 0) is 53.9 Å².